The van der Waals surface area contributed by atoms with Gasteiger partial charge in [-0.25, -0.2) is 0 Å². The van der Waals surface area contributed by atoms with Crippen molar-refractivity contribution in [2.24, 2.45) is 0 Å². The van der Waals surface area contributed by atoms with Crippen molar-refractivity contribution in [3.05, 3.63) is 59.2 Å². The van der Waals surface area contributed by atoms with Crippen molar-refractivity contribution in [2.75, 3.05) is 18.4 Å². The number of aliphatic hydroxyl groups is 1. The van der Waals surface area contributed by atoms with E-state index in [2.05, 4.69) is 21.6 Å². The molecule has 3 aromatic rings. The summed E-state index contributed by atoms with van der Waals surface area (Å²) in [6.45, 7) is 1.21. The molecule has 2 heterocycles. The van der Waals surface area contributed by atoms with Gasteiger partial charge in [-0.1, -0.05) is 29.8 Å². The van der Waals surface area contributed by atoms with Gasteiger partial charge in [0.1, 0.15) is 0 Å². The lowest BCUT2D eigenvalue weighted by Crippen LogP contribution is -2.44. The van der Waals surface area contributed by atoms with Crippen LogP contribution < -0.4 is 5.32 Å². The second kappa shape index (κ2) is 7.58. The Morgan fingerprint density at radius 3 is 2.81 bits per heavy atom. The minimum absolute atomic E-state index is 0.288. The molecule has 0 radical (unpaired) electrons. The summed E-state index contributed by atoms with van der Waals surface area (Å²) in [6.07, 6.45) is 2.24. The third-order valence-corrected chi connectivity index (χ3v) is 5.40. The van der Waals surface area contributed by atoms with E-state index in [-0.39, 0.29) is 11.9 Å². The van der Waals surface area contributed by atoms with Gasteiger partial charge in [-0.15, -0.1) is 0 Å². The number of aliphatic hydroxyl groups excluding tert-OH is 1. The number of hydrogen-bond acceptors (Lipinski definition) is 4. The van der Waals surface area contributed by atoms with Gasteiger partial charge in [0.05, 0.1) is 11.7 Å². The third kappa shape index (κ3) is 3.77. The molecule has 1 aliphatic rings. The van der Waals surface area contributed by atoms with Crippen LogP contribution in [0.25, 0.3) is 10.9 Å². The zero-order chi connectivity index (χ0) is 18.8. The maximum atomic E-state index is 12.6. The molecule has 1 aliphatic heterocycles. The maximum absolute atomic E-state index is 12.6. The van der Waals surface area contributed by atoms with E-state index in [9.17, 15) is 9.90 Å². The van der Waals surface area contributed by atoms with Crippen molar-refractivity contribution in [2.45, 2.75) is 25.0 Å². The van der Waals surface area contributed by atoms with Crippen LogP contribution in [-0.4, -0.2) is 45.2 Å². The van der Waals surface area contributed by atoms with E-state index in [0.717, 1.165) is 29.4 Å². The fraction of sp³-hybridized carbons (Fsp3) is 0.300. The van der Waals surface area contributed by atoms with Crippen LogP contribution in [0.4, 0.5) is 5.69 Å². The van der Waals surface area contributed by atoms with Gasteiger partial charge in [-0.2, -0.15) is 5.10 Å². The number of nitrogens with zero attached hydrogens (tertiary/aromatic N) is 2. The molecule has 6 nitrogen and oxygen atoms in total. The number of nitrogens with one attached hydrogen (secondary N) is 2. The van der Waals surface area contributed by atoms with Crippen LogP contribution in [0.15, 0.2) is 48.7 Å². The lowest BCUT2D eigenvalue weighted by molar-refractivity contribution is -0.141. The van der Waals surface area contributed by atoms with Crippen LogP contribution in [-0.2, 0) is 4.79 Å². The number of fused-ring (bicyclic) bond motifs is 1. The summed E-state index contributed by atoms with van der Waals surface area (Å²) in [5, 5.41) is 22.4. The molecule has 0 spiro atoms. The van der Waals surface area contributed by atoms with Crippen LogP contribution in [0, 0.1) is 0 Å². The van der Waals surface area contributed by atoms with Crippen molar-refractivity contribution in [1.82, 2.24) is 15.1 Å². The predicted octanol–water partition coefficient (Wildman–Crippen LogP) is 3.35. The first-order valence-corrected chi connectivity index (χ1v) is 9.40. The molecule has 1 amide bonds. The highest BCUT2D eigenvalue weighted by Gasteiger charge is 2.29. The van der Waals surface area contributed by atoms with E-state index < -0.39 is 6.10 Å². The van der Waals surface area contributed by atoms with E-state index in [1.54, 1.807) is 35.4 Å². The summed E-state index contributed by atoms with van der Waals surface area (Å²) in [5.41, 5.74) is 2.51. The van der Waals surface area contributed by atoms with E-state index in [4.69, 9.17) is 11.6 Å². The van der Waals surface area contributed by atoms with Gasteiger partial charge in [-0.3, -0.25) is 9.89 Å². The molecule has 3 N–H and O–H groups in total. The molecule has 1 aromatic heterocycles. The van der Waals surface area contributed by atoms with Crippen LogP contribution in [0.2, 0.25) is 5.02 Å². The Bertz CT molecular complexity index is 950. The van der Waals surface area contributed by atoms with Gasteiger partial charge in [0.15, 0.2) is 6.10 Å². The molecule has 7 heteroatoms. The topological polar surface area (TPSA) is 81.2 Å². The molecule has 0 aliphatic carbocycles. The highest BCUT2D eigenvalue weighted by Crippen LogP contribution is 2.26. The fourth-order valence-corrected chi connectivity index (χ4v) is 3.75. The summed E-state index contributed by atoms with van der Waals surface area (Å²) < 4.78 is 0. The molecule has 0 bridgehead atoms. The normalized spacial score (nSPS) is 16.4. The number of aromatic amines is 1. The minimum Gasteiger partial charge on any atom is -0.382 e. The summed E-state index contributed by atoms with van der Waals surface area (Å²) >= 11 is 6.10. The first-order chi connectivity index (χ1) is 13.1. The molecule has 140 valence electrons. The van der Waals surface area contributed by atoms with Crippen LogP contribution >= 0.6 is 11.6 Å². The van der Waals surface area contributed by atoms with Crippen molar-refractivity contribution in [3.8, 4) is 0 Å². The number of aromatic nitrogens is 2. The van der Waals surface area contributed by atoms with Gasteiger partial charge in [0, 0.05) is 40.8 Å². The molecule has 2 aromatic carbocycles. The number of carbonyl (C=O) groups excluding carboxylic acids is 1. The summed E-state index contributed by atoms with van der Waals surface area (Å²) in [5.74, 6) is -0.290. The maximum Gasteiger partial charge on any atom is 0.256 e. The van der Waals surface area contributed by atoms with Crippen molar-refractivity contribution in [3.63, 3.8) is 0 Å². The number of hydrogen-bond donors (Lipinski definition) is 3. The SMILES string of the molecule is O=C([C@H](O)c1ccccc1Cl)N1CCC(Nc2ccc3[nH]ncc3c2)CC1. The Morgan fingerprint density at radius 2 is 2.04 bits per heavy atom. The van der Waals surface area contributed by atoms with Crippen LogP contribution in [0.3, 0.4) is 0 Å². The zero-order valence-corrected chi connectivity index (χ0v) is 15.5. The highest BCUT2D eigenvalue weighted by molar-refractivity contribution is 6.31. The molecule has 4 rings (SSSR count). The van der Waals surface area contributed by atoms with Gasteiger partial charge in [-0.05, 0) is 37.1 Å². The van der Waals surface area contributed by atoms with Crippen LogP contribution in [0.5, 0.6) is 0 Å². The van der Waals surface area contributed by atoms with Crippen molar-refractivity contribution in [1.29, 1.82) is 0 Å². The quantitative estimate of drug-likeness (QED) is 0.644. The first-order valence-electron chi connectivity index (χ1n) is 9.03. The van der Waals surface area contributed by atoms with E-state index >= 15 is 0 Å². The average Bonchev–Trinajstić information content (AvgIpc) is 3.16. The van der Waals surface area contributed by atoms with Crippen molar-refractivity contribution < 1.29 is 9.90 Å². The minimum atomic E-state index is -1.22. The molecule has 1 saturated heterocycles. The largest absolute Gasteiger partial charge is 0.382 e. The second-order valence-electron chi connectivity index (χ2n) is 6.84. The molecule has 0 unspecified atom stereocenters. The predicted molar refractivity (Wildman–Crippen MR) is 106 cm³/mol. The second-order valence-corrected chi connectivity index (χ2v) is 7.25. The Morgan fingerprint density at radius 1 is 1.26 bits per heavy atom. The average molecular weight is 385 g/mol. The smallest absolute Gasteiger partial charge is 0.256 e. The third-order valence-electron chi connectivity index (χ3n) is 5.05. The Hall–Kier alpha value is -2.57. The standard InChI is InChI=1S/C20H21ClN4O2/c21-17-4-2-1-3-16(17)19(26)20(27)25-9-7-14(8-10-25)23-15-5-6-18-13(11-15)12-22-24-18/h1-6,11-12,14,19,23,26H,7-10H2,(H,22,24)/t19-/m1/s1. The lowest BCUT2D eigenvalue weighted by Gasteiger charge is -2.34. The van der Waals surface area contributed by atoms with Crippen molar-refractivity contribution >= 4 is 34.1 Å². The van der Waals surface area contributed by atoms with E-state index in [1.165, 1.54) is 0 Å². The zero-order valence-electron chi connectivity index (χ0n) is 14.7. The number of amides is 1. The molecular weight excluding hydrogens is 364 g/mol. The molecular formula is C20H21ClN4O2. The monoisotopic (exact) mass is 384 g/mol. The van der Waals surface area contributed by atoms with Gasteiger partial charge >= 0.3 is 0 Å². The number of carbonyl (C=O) groups is 1. The number of anilines is 1. The first kappa shape index (κ1) is 17.8. The fourth-order valence-electron chi connectivity index (χ4n) is 3.52. The Balaban J connectivity index is 1.35. The van der Waals surface area contributed by atoms with Gasteiger partial charge in [0.25, 0.3) is 5.91 Å². The number of H-pyrrole nitrogens is 1. The highest BCUT2D eigenvalue weighted by atomic mass is 35.5. The van der Waals surface area contributed by atoms with E-state index in [1.807, 2.05) is 12.1 Å². The molecule has 27 heavy (non-hydrogen) atoms. The Kier molecular flexibility index (Phi) is 5.01. The lowest BCUT2D eigenvalue weighted by atomic mass is 10.0. The summed E-state index contributed by atoms with van der Waals surface area (Å²) in [4.78, 5) is 14.3. The number of benzene rings is 2. The number of rotatable bonds is 4. The molecule has 1 atom stereocenters. The summed E-state index contributed by atoms with van der Waals surface area (Å²) in [7, 11) is 0. The number of halogens is 1. The summed E-state index contributed by atoms with van der Waals surface area (Å²) in [6, 6.07) is 13.3. The van der Waals surface area contributed by atoms with Gasteiger partial charge in [0.2, 0.25) is 0 Å². The van der Waals surface area contributed by atoms with Gasteiger partial charge < -0.3 is 15.3 Å². The van der Waals surface area contributed by atoms with Crippen LogP contribution in [0.1, 0.15) is 24.5 Å². The van der Waals surface area contributed by atoms with E-state index in [0.29, 0.717) is 23.7 Å². The molecule has 1 fully saturated rings. The molecule has 0 saturated carbocycles. The number of likely N-dealkylation sites (tertiary alicyclic amines) is 1. The Labute approximate surface area is 162 Å². The number of piperidine rings is 1.